The Labute approximate surface area is 139 Å². The first kappa shape index (κ1) is 16.5. The summed E-state index contributed by atoms with van der Waals surface area (Å²) in [4.78, 5) is 14.6. The molecule has 2 aliphatic rings. The van der Waals surface area contributed by atoms with Gasteiger partial charge in [-0.1, -0.05) is 30.3 Å². The fourth-order valence-electron chi connectivity index (χ4n) is 4.16. The minimum atomic E-state index is 0.162. The van der Waals surface area contributed by atoms with E-state index in [0.717, 1.165) is 25.4 Å². The van der Waals surface area contributed by atoms with Gasteiger partial charge in [0, 0.05) is 38.1 Å². The highest BCUT2D eigenvalue weighted by Gasteiger charge is 2.42. The van der Waals surface area contributed by atoms with E-state index in [1.54, 1.807) is 0 Å². The SMILES string of the molecule is CC(CC(=O)NCCc1ccccc1)N1CC2CCC(N)C2C1. The van der Waals surface area contributed by atoms with E-state index in [1.807, 2.05) is 18.2 Å². The van der Waals surface area contributed by atoms with E-state index in [1.165, 1.54) is 18.4 Å². The Morgan fingerprint density at radius 3 is 2.83 bits per heavy atom. The van der Waals surface area contributed by atoms with Crippen LogP contribution in [0.2, 0.25) is 0 Å². The smallest absolute Gasteiger partial charge is 0.221 e. The average Bonchev–Trinajstić information content (AvgIpc) is 3.11. The highest BCUT2D eigenvalue weighted by molar-refractivity contribution is 5.76. The summed E-state index contributed by atoms with van der Waals surface area (Å²) in [5.74, 6) is 1.57. The number of nitrogens with zero attached hydrogens (tertiary/aromatic N) is 1. The second-order valence-corrected chi connectivity index (χ2v) is 7.26. The van der Waals surface area contributed by atoms with Crippen molar-refractivity contribution in [2.45, 2.75) is 44.7 Å². The van der Waals surface area contributed by atoms with Gasteiger partial charge in [-0.15, -0.1) is 0 Å². The molecule has 1 saturated heterocycles. The molecule has 126 valence electrons. The minimum Gasteiger partial charge on any atom is -0.356 e. The van der Waals surface area contributed by atoms with Crippen molar-refractivity contribution in [3.63, 3.8) is 0 Å². The topological polar surface area (TPSA) is 58.4 Å². The fourth-order valence-corrected chi connectivity index (χ4v) is 4.16. The van der Waals surface area contributed by atoms with Crippen molar-refractivity contribution in [3.05, 3.63) is 35.9 Å². The van der Waals surface area contributed by atoms with E-state index in [9.17, 15) is 4.79 Å². The molecular weight excluding hydrogens is 286 g/mol. The fraction of sp³-hybridized carbons (Fsp3) is 0.632. The Bertz CT molecular complexity index is 519. The summed E-state index contributed by atoms with van der Waals surface area (Å²) in [7, 11) is 0. The van der Waals surface area contributed by atoms with Crippen LogP contribution < -0.4 is 11.1 Å². The third-order valence-corrected chi connectivity index (χ3v) is 5.62. The van der Waals surface area contributed by atoms with Crippen molar-refractivity contribution < 1.29 is 4.79 Å². The third-order valence-electron chi connectivity index (χ3n) is 5.62. The van der Waals surface area contributed by atoms with Gasteiger partial charge in [0.25, 0.3) is 0 Å². The van der Waals surface area contributed by atoms with Crippen LogP contribution in [0.3, 0.4) is 0 Å². The van der Waals surface area contributed by atoms with Crippen LogP contribution in [0.15, 0.2) is 30.3 Å². The number of benzene rings is 1. The normalized spacial score (nSPS) is 28.5. The maximum absolute atomic E-state index is 12.1. The molecule has 1 aromatic rings. The summed E-state index contributed by atoms with van der Waals surface area (Å²) in [5.41, 5.74) is 7.46. The number of likely N-dealkylation sites (tertiary alicyclic amines) is 1. The van der Waals surface area contributed by atoms with Crippen LogP contribution in [0.1, 0.15) is 31.7 Å². The second kappa shape index (κ2) is 7.45. The first-order chi connectivity index (χ1) is 11.1. The van der Waals surface area contributed by atoms with Crippen molar-refractivity contribution in [2.24, 2.45) is 17.6 Å². The molecule has 4 atom stereocenters. The van der Waals surface area contributed by atoms with Crippen LogP contribution >= 0.6 is 0 Å². The van der Waals surface area contributed by atoms with Gasteiger partial charge < -0.3 is 11.1 Å². The molecule has 4 nitrogen and oxygen atoms in total. The molecule has 4 unspecified atom stereocenters. The zero-order valence-electron chi connectivity index (χ0n) is 14.1. The lowest BCUT2D eigenvalue weighted by Crippen LogP contribution is -2.38. The van der Waals surface area contributed by atoms with E-state index in [4.69, 9.17) is 5.73 Å². The quantitative estimate of drug-likeness (QED) is 0.841. The summed E-state index contributed by atoms with van der Waals surface area (Å²) in [5, 5.41) is 3.05. The Morgan fingerprint density at radius 1 is 1.30 bits per heavy atom. The van der Waals surface area contributed by atoms with Gasteiger partial charge in [-0.2, -0.15) is 0 Å². The molecule has 1 saturated carbocycles. The van der Waals surface area contributed by atoms with Gasteiger partial charge in [-0.3, -0.25) is 9.69 Å². The lowest BCUT2D eigenvalue weighted by atomic mass is 9.98. The van der Waals surface area contributed by atoms with Gasteiger partial charge in [0.2, 0.25) is 5.91 Å². The molecule has 4 heteroatoms. The molecule has 1 heterocycles. The molecule has 0 aromatic heterocycles. The van der Waals surface area contributed by atoms with Gasteiger partial charge in [-0.25, -0.2) is 0 Å². The maximum Gasteiger partial charge on any atom is 0.221 e. The lowest BCUT2D eigenvalue weighted by molar-refractivity contribution is -0.122. The second-order valence-electron chi connectivity index (χ2n) is 7.26. The van der Waals surface area contributed by atoms with Crippen LogP contribution in [-0.4, -0.2) is 42.5 Å². The molecule has 2 fully saturated rings. The van der Waals surface area contributed by atoms with Gasteiger partial charge in [0.1, 0.15) is 0 Å². The molecule has 0 bridgehead atoms. The van der Waals surface area contributed by atoms with Gasteiger partial charge in [0.05, 0.1) is 0 Å². The highest BCUT2D eigenvalue weighted by Crippen LogP contribution is 2.38. The van der Waals surface area contributed by atoms with Crippen LogP contribution in [0.4, 0.5) is 0 Å². The van der Waals surface area contributed by atoms with Crippen molar-refractivity contribution in [2.75, 3.05) is 19.6 Å². The Morgan fingerprint density at radius 2 is 2.09 bits per heavy atom. The van der Waals surface area contributed by atoms with Crippen LogP contribution in [0, 0.1) is 11.8 Å². The molecule has 23 heavy (non-hydrogen) atoms. The maximum atomic E-state index is 12.1. The summed E-state index contributed by atoms with van der Waals surface area (Å²) in [6.07, 6.45) is 3.92. The summed E-state index contributed by atoms with van der Waals surface area (Å²) < 4.78 is 0. The number of carbonyl (C=O) groups excluding carboxylic acids is 1. The average molecular weight is 315 g/mol. The Balaban J connectivity index is 1.38. The molecule has 0 spiro atoms. The van der Waals surface area contributed by atoms with Crippen LogP contribution in [0.5, 0.6) is 0 Å². The van der Waals surface area contributed by atoms with Crippen molar-refractivity contribution in [3.8, 4) is 0 Å². The Hall–Kier alpha value is -1.39. The standard InChI is InChI=1S/C19H29N3O/c1-14(22-12-16-7-8-18(20)17(16)13-22)11-19(23)21-10-9-15-5-3-2-4-6-15/h2-6,14,16-18H,7-13,20H2,1H3,(H,21,23). The number of amides is 1. The predicted octanol–water partition coefficient (Wildman–Crippen LogP) is 1.79. The first-order valence-corrected chi connectivity index (χ1v) is 8.93. The molecular formula is C19H29N3O. The van der Waals surface area contributed by atoms with E-state index in [2.05, 4.69) is 29.3 Å². The first-order valence-electron chi connectivity index (χ1n) is 8.93. The number of fused-ring (bicyclic) bond motifs is 1. The molecule has 0 radical (unpaired) electrons. The number of rotatable bonds is 6. The number of nitrogens with two attached hydrogens (primary N) is 1. The van der Waals surface area contributed by atoms with E-state index in [0.29, 0.717) is 31.0 Å². The predicted molar refractivity (Wildman–Crippen MR) is 93.0 cm³/mol. The zero-order valence-corrected chi connectivity index (χ0v) is 14.1. The molecule has 1 aliphatic heterocycles. The van der Waals surface area contributed by atoms with Gasteiger partial charge in [-0.05, 0) is 43.6 Å². The largest absolute Gasteiger partial charge is 0.356 e. The number of nitrogens with one attached hydrogen (secondary N) is 1. The summed E-state index contributed by atoms with van der Waals surface area (Å²) >= 11 is 0. The number of hydrogen-bond acceptors (Lipinski definition) is 3. The van der Waals surface area contributed by atoms with Crippen LogP contribution in [-0.2, 0) is 11.2 Å². The minimum absolute atomic E-state index is 0.162. The highest BCUT2D eigenvalue weighted by atomic mass is 16.1. The van der Waals surface area contributed by atoms with Gasteiger partial charge in [0.15, 0.2) is 0 Å². The van der Waals surface area contributed by atoms with E-state index >= 15 is 0 Å². The lowest BCUT2D eigenvalue weighted by Gasteiger charge is -2.25. The number of hydrogen-bond donors (Lipinski definition) is 2. The van der Waals surface area contributed by atoms with E-state index < -0.39 is 0 Å². The molecule has 1 aromatic carbocycles. The third kappa shape index (κ3) is 4.12. The monoisotopic (exact) mass is 315 g/mol. The van der Waals surface area contributed by atoms with Crippen LogP contribution in [0.25, 0.3) is 0 Å². The van der Waals surface area contributed by atoms with Crippen molar-refractivity contribution in [1.82, 2.24) is 10.2 Å². The summed E-state index contributed by atoms with van der Waals surface area (Å²) in [6, 6.07) is 11.0. The van der Waals surface area contributed by atoms with Crippen molar-refractivity contribution in [1.29, 1.82) is 0 Å². The molecule has 1 aliphatic carbocycles. The number of carbonyl (C=O) groups is 1. The summed E-state index contributed by atoms with van der Waals surface area (Å²) in [6.45, 7) is 5.08. The van der Waals surface area contributed by atoms with E-state index in [-0.39, 0.29) is 5.91 Å². The Kier molecular flexibility index (Phi) is 5.34. The van der Waals surface area contributed by atoms with Gasteiger partial charge >= 0.3 is 0 Å². The molecule has 3 rings (SSSR count). The molecule has 3 N–H and O–H groups in total. The zero-order chi connectivity index (χ0) is 16.2. The molecule has 1 amide bonds. The van der Waals surface area contributed by atoms with Crippen molar-refractivity contribution >= 4 is 5.91 Å².